The van der Waals surface area contributed by atoms with E-state index in [0.717, 1.165) is 51.4 Å². The molecular formula is C59H113NO5. The highest BCUT2D eigenvalue weighted by Gasteiger charge is 2.20. The number of hydrogen-bond donors (Lipinski definition) is 3. The predicted octanol–water partition coefficient (Wildman–Crippen LogP) is 17.9. The summed E-state index contributed by atoms with van der Waals surface area (Å²) in [5.41, 5.74) is 0. The first kappa shape index (κ1) is 63.3. The molecule has 0 aromatic heterocycles. The average Bonchev–Trinajstić information content (AvgIpc) is 3.31. The Morgan fingerprint density at radius 3 is 1.20 bits per heavy atom. The molecule has 65 heavy (non-hydrogen) atoms. The molecule has 0 radical (unpaired) electrons. The summed E-state index contributed by atoms with van der Waals surface area (Å²) in [6.07, 6.45) is 66.0. The maximum atomic E-state index is 12.4. The lowest BCUT2D eigenvalue weighted by Crippen LogP contribution is -2.45. The third kappa shape index (κ3) is 51.6. The molecule has 0 aromatic carbocycles. The van der Waals surface area contributed by atoms with Crippen LogP contribution < -0.4 is 5.32 Å². The predicted molar refractivity (Wildman–Crippen MR) is 283 cm³/mol. The molecule has 2 unspecified atom stereocenters. The SMILES string of the molecule is CCCCC/C=C\C/C=C\CCCCCCCCCC(=O)OCCCCCCCCCCCCCCCCCCCCCC(=O)NC(CO)C(O)CCCCCCCCCCCCCC. The minimum atomic E-state index is -0.665. The number of allylic oxidation sites excluding steroid dienone is 4. The second-order valence-electron chi connectivity index (χ2n) is 20.0. The van der Waals surface area contributed by atoms with Gasteiger partial charge in [-0.3, -0.25) is 9.59 Å². The molecule has 3 N–H and O–H groups in total. The van der Waals surface area contributed by atoms with E-state index < -0.39 is 12.1 Å². The van der Waals surface area contributed by atoms with Crippen LogP contribution in [0.15, 0.2) is 24.3 Å². The van der Waals surface area contributed by atoms with Gasteiger partial charge in [-0.15, -0.1) is 0 Å². The van der Waals surface area contributed by atoms with Crippen LogP contribution in [0.3, 0.4) is 0 Å². The minimum absolute atomic E-state index is 0.00147. The number of aliphatic hydroxyl groups is 2. The fraction of sp³-hybridized carbons (Fsp3) is 0.898. The Morgan fingerprint density at radius 1 is 0.431 bits per heavy atom. The monoisotopic (exact) mass is 916 g/mol. The Labute approximate surface area is 405 Å². The summed E-state index contributed by atoms with van der Waals surface area (Å²) in [5, 5.41) is 23.2. The number of ether oxygens (including phenoxy) is 1. The van der Waals surface area contributed by atoms with Gasteiger partial charge < -0.3 is 20.3 Å². The lowest BCUT2D eigenvalue weighted by molar-refractivity contribution is -0.143. The van der Waals surface area contributed by atoms with Gasteiger partial charge in [-0.05, 0) is 57.8 Å². The van der Waals surface area contributed by atoms with E-state index in [9.17, 15) is 19.8 Å². The van der Waals surface area contributed by atoms with E-state index in [-0.39, 0.29) is 18.5 Å². The van der Waals surface area contributed by atoms with E-state index in [0.29, 0.717) is 25.9 Å². The number of aliphatic hydroxyl groups excluding tert-OH is 2. The van der Waals surface area contributed by atoms with Crippen molar-refractivity contribution in [2.75, 3.05) is 13.2 Å². The molecule has 0 saturated heterocycles. The van der Waals surface area contributed by atoms with E-state index in [1.165, 1.54) is 231 Å². The van der Waals surface area contributed by atoms with Gasteiger partial charge in [0.05, 0.1) is 25.4 Å². The zero-order chi connectivity index (χ0) is 47.2. The molecule has 6 heteroatoms. The Kier molecular flexibility index (Phi) is 53.5. The van der Waals surface area contributed by atoms with Gasteiger partial charge in [0.15, 0.2) is 0 Å². The third-order valence-corrected chi connectivity index (χ3v) is 13.5. The van der Waals surface area contributed by atoms with Crippen LogP contribution in [0.25, 0.3) is 0 Å². The molecule has 0 aliphatic carbocycles. The van der Waals surface area contributed by atoms with Crippen LogP contribution in [-0.2, 0) is 14.3 Å². The first-order chi connectivity index (χ1) is 32.0. The second kappa shape index (κ2) is 54.9. The number of amides is 1. The molecule has 384 valence electrons. The van der Waals surface area contributed by atoms with E-state index >= 15 is 0 Å². The van der Waals surface area contributed by atoms with Crippen molar-refractivity contribution in [3.63, 3.8) is 0 Å². The van der Waals surface area contributed by atoms with Crippen LogP contribution in [0, 0.1) is 0 Å². The summed E-state index contributed by atoms with van der Waals surface area (Å²) in [6, 6.07) is -0.542. The molecule has 0 heterocycles. The zero-order valence-electron chi connectivity index (χ0n) is 43.7. The Morgan fingerprint density at radius 2 is 0.769 bits per heavy atom. The van der Waals surface area contributed by atoms with Crippen molar-refractivity contribution in [1.82, 2.24) is 5.32 Å². The molecule has 0 spiro atoms. The van der Waals surface area contributed by atoms with Gasteiger partial charge in [0, 0.05) is 12.8 Å². The van der Waals surface area contributed by atoms with Crippen molar-refractivity contribution >= 4 is 11.9 Å². The van der Waals surface area contributed by atoms with E-state index in [1.54, 1.807) is 0 Å². The van der Waals surface area contributed by atoms with Crippen molar-refractivity contribution in [3.8, 4) is 0 Å². The first-order valence-corrected chi connectivity index (χ1v) is 29.1. The van der Waals surface area contributed by atoms with Crippen LogP contribution in [0.5, 0.6) is 0 Å². The lowest BCUT2D eigenvalue weighted by Gasteiger charge is -2.22. The molecule has 1 amide bonds. The number of rotatable bonds is 54. The van der Waals surface area contributed by atoms with Crippen LogP contribution in [0.4, 0.5) is 0 Å². The number of hydrogen-bond acceptors (Lipinski definition) is 5. The normalized spacial score (nSPS) is 12.7. The highest BCUT2D eigenvalue weighted by Crippen LogP contribution is 2.17. The molecule has 0 aliphatic heterocycles. The Hall–Kier alpha value is -1.66. The standard InChI is InChI=1S/C59H113NO5/c1-3-5-7-9-11-13-15-17-18-22-26-29-33-37-41-45-49-53-59(64)65-54-50-46-42-38-34-30-27-24-21-19-20-23-25-28-32-36-40-44-48-52-58(63)60-56(55-61)57(62)51-47-43-39-35-31-16-14-12-10-8-6-4-2/h11,13,17-18,56-57,61-62H,3-10,12,14-16,19-55H2,1-2H3,(H,60,63)/b13-11-,18-17-. The summed E-state index contributed by atoms with van der Waals surface area (Å²) in [7, 11) is 0. The summed E-state index contributed by atoms with van der Waals surface area (Å²) in [4.78, 5) is 24.5. The van der Waals surface area contributed by atoms with Crippen molar-refractivity contribution in [2.24, 2.45) is 0 Å². The maximum Gasteiger partial charge on any atom is 0.305 e. The number of carbonyl (C=O) groups excluding carboxylic acids is 2. The summed E-state index contributed by atoms with van der Waals surface area (Å²) >= 11 is 0. The second-order valence-corrected chi connectivity index (χ2v) is 20.0. The molecule has 0 fully saturated rings. The quantitative estimate of drug-likeness (QED) is 0.0321. The van der Waals surface area contributed by atoms with Gasteiger partial charge in [-0.1, -0.05) is 269 Å². The summed E-state index contributed by atoms with van der Waals surface area (Å²) in [5.74, 6) is -0.0363. The summed E-state index contributed by atoms with van der Waals surface area (Å²) in [6.45, 7) is 4.92. The van der Waals surface area contributed by atoms with E-state index in [4.69, 9.17) is 4.74 Å². The van der Waals surface area contributed by atoms with Gasteiger partial charge in [0.25, 0.3) is 0 Å². The van der Waals surface area contributed by atoms with Crippen LogP contribution in [0.2, 0.25) is 0 Å². The fourth-order valence-electron chi connectivity index (χ4n) is 9.02. The van der Waals surface area contributed by atoms with Gasteiger partial charge in [-0.25, -0.2) is 0 Å². The maximum absolute atomic E-state index is 12.4. The van der Waals surface area contributed by atoms with Gasteiger partial charge in [0.2, 0.25) is 5.91 Å². The van der Waals surface area contributed by atoms with Crippen molar-refractivity contribution in [1.29, 1.82) is 0 Å². The molecular weight excluding hydrogens is 803 g/mol. The molecule has 0 aliphatic rings. The fourth-order valence-corrected chi connectivity index (χ4v) is 9.02. The lowest BCUT2D eigenvalue weighted by atomic mass is 10.0. The van der Waals surface area contributed by atoms with Crippen molar-refractivity contribution in [3.05, 3.63) is 24.3 Å². The average molecular weight is 917 g/mol. The van der Waals surface area contributed by atoms with E-state index in [2.05, 4.69) is 43.5 Å². The highest BCUT2D eigenvalue weighted by atomic mass is 16.5. The Bertz CT molecular complexity index is 1010. The molecule has 6 nitrogen and oxygen atoms in total. The molecule has 0 saturated carbocycles. The number of esters is 1. The van der Waals surface area contributed by atoms with Gasteiger partial charge in [-0.2, -0.15) is 0 Å². The Balaban J connectivity index is 3.38. The van der Waals surface area contributed by atoms with E-state index in [1.807, 2.05) is 0 Å². The molecule has 0 rings (SSSR count). The van der Waals surface area contributed by atoms with Crippen molar-refractivity contribution < 1.29 is 24.5 Å². The topological polar surface area (TPSA) is 95.9 Å². The largest absolute Gasteiger partial charge is 0.466 e. The molecule has 0 bridgehead atoms. The third-order valence-electron chi connectivity index (χ3n) is 13.5. The highest BCUT2D eigenvalue weighted by molar-refractivity contribution is 5.76. The number of carbonyl (C=O) groups is 2. The van der Waals surface area contributed by atoms with Crippen LogP contribution >= 0.6 is 0 Å². The molecule has 2 atom stereocenters. The van der Waals surface area contributed by atoms with Crippen LogP contribution in [-0.4, -0.2) is 47.4 Å². The first-order valence-electron chi connectivity index (χ1n) is 29.1. The number of nitrogens with one attached hydrogen (secondary N) is 1. The summed E-state index contributed by atoms with van der Waals surface area (Å²) < 4.78 is 5.48. The zero-order valence-corrected chi connectivity index (χ0v) is 43.7. The molecule has 0 aromatic rings. The minimum Gasteiger partial charge on any atom is -0.466 e. The smallest absolute Gasteiger partial charge is 0.305 e. The van der Waals surface area contributed by atoms with Gasteiger partial charge >= 0.3 is 5.97 Å². The van der Waals surface area contributed by atoms with Crippen molar-refractivity contribution in [2.45, 2.75) is 328 Å². The van der Waals surface area contributed by atoms with Gasteiger partial charge in [0.1, 0.15) is 0 Å². The van der Waals surface area contributed by atoms with Crippen LogP contribution in [0.1, 0.15) is 316 Å². The number of unbranched alkanes of at least 4 members (excludes halogenated alkanes) is 39.